The summed E-state index contributed by atoms with van der Waals surface area (Å²) in [7, 11) is 1.84. The van der Waals surface area contributed by atoms with Crippen LogP contribution in [0.15, 0.2) is 22.7 Å². The highest BCUT2D eigenvalue weighted by Crippen LogP contribution is 2.39. The lowest BCUT2D eigenvalue weighted by molar-refractivity contribution is 0.253. The van der Waals surface area contributed by atoms with Gasteiger partial charge in [0.2, 0.25) is 0 Å². The highest BCUT2D eigenvalue weighted by Gasteiger charge is 2.23. The second-order valence-electron chi connectivity index (χ2n) is 4.66. The molecule has 0 bridgehead atoms. The highest BCUT2D eigenvalue weighted by atomic mass is 79.9. The molecule has 18 heavy (non-hydrogen) atoms. The van der Waals surface area contributed by atoms with Gasteiger partial charge < -0.3 is 10.5 Å². The van der Waals surface area contributed by atoms with E-state index in [0.717, 1.165) is 27.9 Å². The molecule has 0 amide bonds. The molecule has 2 aromatic rings. The maximum atomic E-state index is 5.81. The van der Waals surface area contributed by atoms with Gasteiger partial charge in [0.15, 0.2) is 0 Å². The molecule has 1 aromatic heterocycles. The summed E-state index contributed by atoms with van der Waals surface area (Å²) < 4.78 is 8.41. The Morgan fingerprint density at radius 3 is 2.89 bits per heavy atom. The van der Waals surface area contributed by atoms with Crippen LogP contribution in [0.25, 0.3) is 11.3 Å². The molecule has 1 unspecified atom stereocenters. The largest absolute Gasteiger partial charge is 0.489 e. The fraction of sp³-hybridized carbons (Fsp3) is 0.308. The van der Waals surface area contributed by atoms with Crippen molar-refractivity contribution in [1.82, 2.24) is 9.78 Å². The molecule has 1 aromatic carbocycles. The van der Waals surface area contributed by atoms with Crippen LogP contribution in [-0.2, 0) is 13.5 Å². The quantitative estimate of drug-likeness (QED) is 0.881. The van der Waals surface area contributed by atoms with E-state index in [9.17, 15) is 0 Å². The van der Waals surface area contributed by atoms with E-state index in [1.54, 1.807) is 4.68 Å². The van der Waals surface area contributed by atoms with Gasteiger partial charge in [0.1, 0.15) is 17.7 Å². The Morgan fingerprint density at radius 2 is 2.22 bits per heavy atom. The maximum absolute atomic E-state index is 5.81. The normalized spacial score (nSPS) is 17.6. The molecule has 1 aliphatic rings. The third-order valence-electron chi connectivity index (χ3n) is 3.16. The number of halogens is 1. The molecule has 4 nitrogen and oxygen atoms in total. The lowest BCUT2D eigenvalue weighted by atomic mass is 10.1. The first kappa shape index (κ1) is 11.6. The van der Waals surface area contributed by atoms with Crippen molar-refractivity contribution < 1.29 is 4.74 Å². The molecule has 0 spiro atoms. The predicted molar refractivity (Wildman–Crippen MR) is 74.6 cm³/mol. The van der Waals surface area contributed by atoms with Gasteiger partial charge in [0.25, 0.3) is 0 Å². The number of rotatable bonds is 1. The summed E-state index contributed by atoms with van der Waals surface area (Å²) in [6, 6.07) is 6.04. The Bertz CT molecular complexity index is 601. The number of hydrogen-bond donors (Lipinski definition) is 1. The standard InChI is InChI=1S/C13H14BrN3O/c1-7-3-9-4-8(5-10(14)13(9)18-7)11-6-12(15)17(2)16-11/h4-7H,3,15H2,1-2H3. The van der Waals surface area contributed by atoms with E-state index in [1.165, 1.54) is 5.56 Å². The fourth-order valence-electron chi connectivity index (χ4n) is 2.26. The van der Waals surface area contributed by atoms with Crippen molar-refractivity contribution in [3.8, 4) is 17.0 Å². The van der Waals surface area contributed by atoms with Crippen molar-refractivity contribution in [3.05, 3.63) is 28.2 Å². The van der Waals surface area contributed by atoms with Crippen molar-refractivity contribution in [2.75, 3.05) is 5.73 Å². The van der Waals surface area contributed by atoms with Gasteiger partial charge in [-0.1, -0.05) is 0 Å². The molecule has 94 valence electrons. The third kappa shape index (κ3) is 1.79. The Morgan fingerprint density at radius 1 is 1.44 bits per heavy atom. The molecule has 0 aliphatic carbocycles. The van der Waals surface area contributed by atoms with Gasteiger partial charge in [-0.2, -0.15) is 5.10 Å². The van der Waals surface area contributed by atoms with Crippen LogP contribution in [0.1, 0.15) is 12.5 Å². The van der Waals surface area contributed by atoms with Gasteiger partial charge in [-0.25, -0.2) is 0 Å². The van der Waals surface area contributed by atoms with E-state index >= 15 is 0 Å². The molecule has 2 N–H and O–H groups in total. The first-order valence-electron chi connectivity index (χ1n) is 5.83. The topological polar surface area (TPSA) is 53.1 Å². The lowest BCUT2D eigenvalue weighted by Crippen LogP contribution is -2.05. The summed E-state index contributed by atoms with van der Waals surface area (Å²) in [5, 5.41) is 4.40. The van der Waals surface area contributed by atoms with Crippen LogP contribution in [0.2, 0.25) is 0 Å². The number of aryl methyl sites for hydroxylation is 1. The number of nitrogens with zero attached hydrogens (tertiary/aromatic N) is 2. The Hall–Kier alpha value is -1.49. The van der Waals surface area contributed by atoms with E-state index in [1.807, 2.05) is 19.2 Å². The van der Waals surface area contributed by atoms with Gasteiger partial charge in [-0.3, -0.25) is 4.68 Å². The van der Waals surface area contributed by atoms with Crippen molar-refractivity contribution >= 4 is 21.7 Å². The zero-order chi connectivity index (χ0) is 12.9. The number of anilines is 1. The van der Waals surface area contributed by atoms with Crippen molar-refractivity contribution in [2.45, 2.75) is 19.4 Å². The summed E-state index contributed by atoms with van der Waals surface area (Å²) >= 11 is 3.56. The van der Waals surface area contributed by atoms with E-state index in [2.05, 4.69) is 34.0 Å². The van der Waals surface area contributed by atoms with Crippen molar-refractivity contribution in [3.63, 3.8) is 0 Å². The van der Waals surface area contributed by atoms with Crippen LogP contribution >= 0.6 is 15.9 Å². The van der Waals surface area contributed by atoms with Crippen molar-refractivity contribution in [1.29, 1.82) is 0 Å². The Labute approximate surface area is 114 Å². The van der Waals surface area contributed by atoms with Crippen LogP contribution < -0.4 is 10.5 Å². The molecular formula is C13H14BrN3O. The van der Waals surface area contributed by atoms with Gasteiger partial charge >= 0.3 is 0 Å². The number of ether oxygens (including phenoxy) is 1. The lowest BCUT2D eigenvalue weighted by Gasteiger charge is -2.06. The van der Waals surface area contributed by atoms with Crippen LogP contribution in [0, 0.1) is 0 Å². The summed E-state index contributed by atoms with van der Waals surface area (Å²) in [5.74, 6) is 1.61. The Balaban J connectivity index is 2.10. The van der Waals surface area contributed by atoms with Gasteiger partial charge in [-0.15, -0.1) is 0 Å². The fourth-order valence-corrected chi connectivity index (χ4v) is 2.85. The average molecular weight is 308 g/mol. The summed E-state index contributed by atoms with van der Waals surface area (Å²) in [6.07, 6.45) is 1.17. The molecule has 5 heteroatoms. The van der Waals surface area contributed by atoms with Crippen LogP contribution in [0.5, 0.6) is 5.75 Å². The second-order valence-corrected chi connectivity index (χ2v) is 5.51. The monoisotopic (exact) mass is 307 g/mol. The zero-order valence-electron chi connectivity index (χ0n) is 10.3. The average Bonchev–Trinajstić information content (AvgIpc) is 2.83. The number of nitrogens with two attached hydrogens (primary N) is 1. The van der Waals surface area contributed by atoms with Crippen LogP contribution in [-0.4, -0.2) is 15.9 Å². The number of aromatic nitrogens is 2. The van der Waals surface area contributed by atoms with Gasteiger partial charge in [0, 0.05) is 25.1 Å². The molecule has 2 heterocycles. The smallest absolute Gasteiger partial charge is 0.137 e. The van der Waals surface area contributed by atoms with E-state index in [-0.39, 0.29) is 6.10 Å². The molecular weight excluding hydrogens is 294 g/mol. The second kappa shape index (κ2) is 4.02. The number of hydrogen-bond acceptors (Lipinski definition) is 3. The maximum Gasteiger partial charge on any atom is 0.137 e. The highest BCUT2D eigenvalue weighted by molar-refractivity contribution is 9.10. The molecule has 0 radical (unpaired) electrons. The third-order valence-corrected chi connectivity index (χ3v) is 3.75. The van der Waals surface area contributed by atoms with E-state index < -0.39 is 0 Å². The Kier molecular flexibility index (Phi) is 2.59. The van der Waals surface area contributed by atoms with Gasteiger partial charge in [0.05, 0.1) is 10.2 Å². The first-order valence-corrected chi connectivity index (χ1v) is 6.63. The summed E-state index contributed by atoms with van der Waals surface area (Å²) in [5.41, 5.74) is 8.98. The van der Waals surface area contributed by atoms with E-state index in [0.29, 0.717) is 5.82 Å². The summed E-state index contributed by atoms with van der Waals surface area (Å²) in [6.45, 7) is 2.07. The van der Waals surface area contributed by atoms with E-state index in [4.69, 9.17) is 10.5 Å². The first-order chi connectivity index (χ1) is 8.54. The SMILES string of the molecule is CC1Cc2cc(-c3cc(N)n(C)n3)cc(Br)c2O1. The number of fused-ring (bicyclic) bond motifs is 1. The van der Waals surface area contributed by atoms with Crippen LogP contribution in [0.3, 0.4) is 0 Å². The minimum absolute atomic E-state index is 0.236. The molecule has 0 saturated carbocycles. The summed E-state index contributed by atoms with van der Waals surface area (Å²) in [4.78, 5) is 0. The molecule has 0 saturated heterocycles. The minimum Gasteiger partial charge on any atom is -0.489 e. The number of benzene rings is 1. The zero-order valence-corrected chi connectivity index (χ0v) is 11.9. The molecule has 0 fully saturated rings. The predicted octanol–water partition coefficient (Wildman–Crippen LogP) is 2.76. The minimum atomic E-state index is 0.236. The van der Waals surface area contributed by atoms with Crippen molar-refractivity contribution in [2.24, 2.45) is 7.05 Å². The molecule has 3 rings (SSSR count). The molecule has 1 aliphatic heterocycles. The number of nitrogen functional groups attached to an aromatic ring is 1. The molecule has 1 atom stereocenters. The van der Waals surface area contributed by atoms with Gasteiger partial charge in [-0.05, 0) is 40.5 Å². The van der Waals surface area contributed by atoms with Crippen LogP contribution in [0.4, 0.5) is 5.82 Å².